The van der Waals surface area contributed by atoms with Gasteiger partial charge in [-0.15, -0.1) is 11.3 Å². The zero-order valence-corrected chi connectivity index (χ0v) is 9.30. The van der Waals surface area contributed by atoms with Crippen molar-refractivity contribution in [2.75, 3.05) is 6.26 Å². The minimum atomic E-state index is -1.14. The summed E-state index contributed by atoms with van der Waals surface area (Å²) in [5.74, 6) is 0. The van der Waals surface area contributed by atoms with Gasteiger partial charge in [-0.05, 0) is 6.07 Å². The highest BCUT2D eigenvalue weighted by atomic mass is 32.2. The molecule has 1 atom stereocenters. The molecular formula is C8H6N2O3S2. The van der Waals surface area contributed by atoms with Gasteiger partial charge in [0.25, 0.3) is 5.69 Å². The van der Waals surface area contributed by atoms with E-state index in [2.05, 4.69) is 4.98 Å². The highest BCUT2D eigenvalue weighted by Crippen LogP contribution is 2.27. The van der Waals surface area contributed by atoms with Gasteiger partial charge in [0.05, 0.1) is 25.9 Å². The summed E-state index contributed by atoms with van der Waals surface area (Å²) in [5, 5.41) is 10.5. The summed E-state index contributed by atoms with van der Waals surface area (Å²) in [7, 11) is -1.14. The lowest BCUT2D eigenvalue weighted by atomic mass is 10.3. The summed E-state index contributed by atoms with van der Waals surface area (Å²) in [6.45, 7) is 0. The third-order valence-corrected chi connectivity index (χ3v) is 4.16. The molecule has 7 heteroatoms. The van der Waals surface area contributed by atoms with Crippen LogP contribution in [0.1, 0.15) is 0 Å². The van der Waals surface area contributed by atoms with Crippen LogP contribution in [0.2, 0.25) is 0 Å². The van der Waals surface area contributed by atoms with Gasteiger partial charge in [0.1, 0.15) is 0 Å². The second-order valence-corrected chi connectivity index (χ2v) is 5.43. The Balaban J connectivity index is 2.62. The average Bonchev–Trinajstić information content (AvgIpc) is 2.59. The van der Waals surface area contributed by atoms with Crippen LogP contribution in [-0.2, 0) is 10.8 Å². The fraction of sp³-hybridized carbons (Fsp3) is 0.125. The molecule has 0 aliphatic carbocycles. The lowest BCUT2D eigenvalue weighted by Crippen LogP contribution is -1.86. The summed E-state index contributed by atoms with van der Waals surface area (Å²) in [4.78, 5) is 14.2. The number of hydrogen-bond acceptors (Lipinski definition) is 5. The molecule has 0 saturated carbocycles. The molecule has 15 heavy (non-hydrogen) atoms. The van der Waals surface area contributed by atoms with Crippen LogP contribution < -0.4 is 0 Å². The smallest absolute Gasteiger partial charge is 0.258 e. The van der Waals surface area contributed by atoms with Crippen LogP contribution in [0.15, 0.2) is 22.5 Å². The second kappa shape index (κ2) is 3.67. The van der Waals surface area contributed by atoms with Crippen molar-refractivity contribution in [1.82, 2.24) is 4.98 Å². The van der Waals surface area contributed by atoms with E-state index in [0.717, 1.165) is 0 Å². The summed E-state index contributed by atoms with van der Waals surface area (Å²) in [5.41, 5.74) is 0.676. The monoisotopic (exact) mass is 242 g/mol. The van der Waals surface area contributed by atoms with Crippen LogP contribution >= 0.6 is 11.3 Å². The molecule has 1 heterocycles. The molecule has 1 unspecified atom stereocenters. The zero-order chi connectivity index (χ0) is 11.0. The number of non-ortho nitro benzene ring substituents is 1. The highest BCUT2D eigenvalue weighted by molar-refractivity contribution is 7.86. The van der Waals surface area contributed by atoms with Crippen LogP contribution in [-0.4, -0.2) is 20.4 Å². The Kier molecular flexibility index (Phi) is 2.49. The van der Waals surface area contributed by atoms with Crippen LogP contribution in [0.5, 0.6) is 0 Å². The van der Waals surface area contributed by atoms with Crippen molar-refractivity contribution in [3.63, 3.8) is 0 Å². The number of nitro benzene ring substituents is 1. The number of hydrogen-bond donors (Lipinski definition) is 0. The number of aromatic nitrogens is 1. The standard InChI is InChI=1S/C8H6N2O3S2/c1-15(13)8-9-6-3-2-5(10(11)12)4-7(6)14-8/h2-4H,1H3. The molecule has 1 aromatic heterocycles. The van der Waals surface area contributed by atoms with E-state index in [1.807, 2.05) is 0 Å². The molecule has 5 nitrogen and oxygen atoms in total. The predicted octanol–water partition coefficient (Wildman–Crippen LogP) is 1.94. The van der Waals surface area contributed by atoms with E-state index < -0.39 is 15.7 Å². The maximum Gasteiger partial charge on any atom is 0.270 e. The van der Waals surface area contributed by atoms with E-state index in [1.165, 1.54) is 29.7 Å². The minimum Gasteiger partial charge on any atom is -0.258 e. The Morgan fingerprint density at radius 3 is 2.87 bits per heavy atom. The molecule has 0 aliphatic rings. The Morgan fingerprint density at radius 2 is 2.27 bits per heavy atom. The van der Waals surface area contributed by atoms with Crippen molar-refractivity contribution in [3.8, 4) is 0 Å². The maximum atomic E-state index is 11.2. The van der Waals surface area contributed by atoms with Gasteiger partial charge in [-0.3, -0.25) is 14.3 Å². The minimum absolute atomic E-state index is 0.0274. The fourth-order valence-electron chi connectivity index (χ4n) is 1.13. The molecule has 2 aromatic rings. The lowest BCUT2D eigenvalue weighted by Gasteiger charge is -1.88. The molecule has 78 valence electrons. The van der Waals surface area contributed by atoms with Crippen molar-refractivity contribution < 1.29 is 9.13 Å². The molecule has 0 aliphatic heterocycles. The number of nitrogens with zero attached hydrogens (tertiary/aromatic N) is 2. The molecule has 1 aromatic carbocycles. The molecule has 2 rings (SSSR count). The number of benzene rings is 1. The summed E-state index contributed by atoms with van der Waals surface area (Å²) in [6, 6.07) is 4.41. The van der Waals surface area contributed by atoms with Crippen LogP contribution in [0.4, 0.5) is 5.69 Å². The third kappa shape index (κ3) is 1.88. The normalized spacial score (nSPS) is 12.9. The molecule has 0 saturated heterocycles. The van der Waals surface area contributed by atoms with Crippen LogP contribution in [0.3, 0.4) is 0 Å². The summed E-state index contributed by atoms with van der Waals surface area (Å²) in [6.07, 6.45) is 1.53. The Labute approximate surface area is 91.4 Å². The summed E-state index contributed by atoms with van der Waals surface area (Å²) < 4.78 is 12.3. The second-order valence-electron chi connectivity index (χ2n) is 2.84. The van der Waals surface area contributed by atoms with Gasteiger partial charge in [-0.1, -0.05) is 0 Å². The van der Waals surface area contributed by atoms with E-state index in [1.54, 1.807) is 6.07 Å². The van der Waals surface area contributed by atoms with Crippen molar-refractivity contribution in [2.24, 2.45) is 0 Å². The molecular weight excluding hydrogens is 236 g/mol. The Hall–Kier alpha value is -1.34. The number of nitro groups is 1. The first-order valence-corrected chi connectivity index (χ1v) is 6.34. The molecule has 0 N–H and O–H groups in total. The molecule has 0 radical (unpaired) electrons. The van der Waals surface area contributed by atoms with Gasteiger partial charge in [0.2, 0.25) is 0 Å². The predicted molar refractivity (Wildman–Crippen MR) is 58.6 cm³/mol. The fourth-order valence-corrected chi connectivity index (χ4v) is 2.82. The number of rotatable bonds is 2. The van der Waals surface area contributed by atoms with Gasteiger partial charge >= 0.3 is 0 Å². The van der Waals surface area contributed by atoms with Gasteiger partial charge in [0, 0.05) is 18.4 Å². The quantitative estimate of drug-likeness (QED) is 0.596. The SMILES string of the molecule is CS(=O)c1nc2ccc([N+](=O)[O-])cc2s1. The zero-order valence-electron chi connectivity index (χ0n) is 7.67. The highest BCUT2D eigenvalue weighted by Gasteiger charge is 2.11. The molecule has 0 amide bonds. The first-order valence-electron chi connectivity index (χ1n) is 3.96. The van der Waals surface area contributed by atoms with Gasteiger partial charge < -0.3 is 0 Å². The summed E-state index contributed by atoms with van der Waals surface area (Å²) >= 11 is 1.22. The van der Waals surface area contributed by atoms with Crippen molar-refractivity contribution in [1.29, 1.82) is 0 Å². The van der Waals surface area contributed by atoms with Crippen molar-refractivity contribution >= 4 is 38.0 Å². The van der Waals surface area contributed by atoms with Crippen molar-refractivity contribution in [3.05, 3.63) is 28.3 Å². The average molecular weight is 242 g/mol. The third-order valence-electron chi connectivity index (χ3n) is 1.81. The van der Waals surface area contributed by atoms with E-state index in [4.69, 9.17) is 0 Å². The van der Waals surface area contributed by atoms with Gasteiger partial charge in [-0.2, -0.15) is 0 Å². The Morgan fingerprint density at radius 1 is 1.53 bits per heavy atom. The lowest BCUT2D eigenvalue weighted by molar-refractivity contribution is -0.384. The topological polar surface area (TPSA) is 73.1 Å². The number of fused-ring (bicyclic) bond motifs is 1. The van der Waals surface area contributed by atoms with Crippen molar-refractivity contribution in [2.45, 2.75) is 4.34 Å². The van der Waals surface area contributed by atoms with E-state index in [-0.39, 0.29) is 5.69 Å². The van der Waals surface area contributed by atoms with Gasteiger partial charge in [0.15, 0.2) is 4.34 Å². The maximum absolute atomic E-state index is 11.2. The van der Waals surface area contributed by atoms with E-state index >= 15 is 0 Å². The largest absolute Gasteiger partial charge is 0.270 e. The van der Waals surface area contributed by atoms with Crippen LogP contribution in [0.25, 0.3) is 10.2 Å². The Bertz CT molecular complexity index is 552. The van der Waals surface area contributed by atoms with E-state index in [9.17, 15) is 14.3 Å². The van der Waals surface area contributed by atoms with Gasteiger partial charge in [-0.25, -0.2) is 4.98 Å². The molecule has 0 bridgehead atoms. The first kappa shape index (κ1) is 10.2. The molecule has 0 fully saturated rings. The number of thiazole rings is 1. The van der Waals surface area contributed by atoms with Crippen LogP contribution in [0, 0.1) is 10.1 Å². The van der Waals surface area contributed by atoms with E-state index in [0.29, 0.717) is 14.6 Å². The first-order chi connectivity index (χ1) is 7.08. The molecule has 0 spiro atoms.